The highest BCUT2D eigenvalue weighted by molar-refractivity contribution is 14.1. The number of aromatic nitrogens is 1. The van der Waals surface area contributed by atoms with Gasteiger partial charge in [-0.3, -0.25) is 0 Å². The van der Waals surface area contributed by atoms with Crippen LogP contribution in [0.25, 0.3) is 0 Å². The van der Waals surface area contributed by atoms with Crippen molar-refractivity contribution in [3.05, 3.63) is 21.8 Å². The van der Waals surface area contributed by atoms with Crippen LogP contribution in [0.3, 0.4) is 0 Å². The van der Waals surface area contributed by atoms with Crippen LogP contribution in [-0.2, 0) is 0 Å². The van der Waals surface area contributed by atoms with Gasteiger partial charge in [-0.1, -0.05) is 0 Å². The molecule has 0 unspecified atom stereocenters. The fourth-order valence-corrected chi connectivity index (χ4v) is 0.871. The number of rotatable bonds is 1. The van der Waals surface area contributed by atoms with E-state index >= 15 is 0 Å². The number of ether oxygens (including phenoxy) is 1. The molecule has 64 valence electrons. The van der Waals surface area contributed by atoms with E-state index in [0.717, 1.165) is 6.07 Å². The molecule has 6 heteroatoms. The molecule has 12 heavy (non-hydrogen) atoms. The van der Waals surface area contributed by atoms with Crippen LogP contribution < -0.4 is 10.5 Å². The van der Waals surface area contributed by atoms with Crippen molar-refractivity contribution in [1.82, 2.24) is 4.98 Å². The smallest absolute Gasteiger partial charge is 0.409 e. The first-order chi connectivity index (χ1) is 5.59. The van der Waals surface area contributed by atoms with Gasteiger partial charge in [0.1, 0.15) is 3.70 Å². The third-order valence-electron chi connectivity index (χ3n) is 0.990. The number of primary amides is 1. The van der Waals surface area contributed by atoms with Gasteiger partial charge >= 0.3 is 6.09 Å². The Balaban J connectivity index is 2.89. The Morgan fingerprint density at radius 3 is 2.92 bits per heavy atom. The van der Waals surface area contributed by atoms with Crippen molar-refractivity contribution in [2.75, 3.05) is 0 Å². The Labute approximate surface area is 81.1 Å². The molecule has 0 bridgehead atoms. The first kappa shape index (κ1) is 9.17. The maximum atomic E-state index is 12.7. The average Bonchev–Trinajstić information content (AvgIpc) is 1.96. The minimum atomic E-state index is -0.989. The molecular weight excluding hydrogens is 278 g/mol. The summed E-state index contributed by atoms with van der Waals surface area (Å²) in [7, 11) is 0. The summed E-state index contributed by atoms with van der Waals surface area (Å²) in [5, 5.41) is 0. The van der Waals surface area contributed by atoms with E-state index in [9.17, 15) is 9.18 Å². The van der Waals surface area contributed by atoms with Crippen molar-refractivity contribution in [3.63, 3.8) is 0 Å². The zero-order valence-corrected chi connectivity index (χ0v) is 7.91. The zero-order valence-electron chi connectivity index (χ0n) is 5.75. The second kappa shape index (κ2) is 3.65. The highest BCUT2D eigenvalue weighted by Crippen LogP contribution is 2.14. The number of nitrogens with zero attached hydrogens (tertiary/aromatic N) is 1. The lowest BCUT2D eigenvalue weighted by molar-refractivity contribution is 0.210. The van der Waals surface area contributed by atoms with Crippen molar-refractivity contribution in [2.24, 2.45) is 5.73 Å². The number of carbonyl (C=O) groups is 1. The zero-order chi connectivity index (χ0) is 9.14. The van der Waals surface area contributed by atoms with Gasteiger partial charge in [-0.2, -0.15) is 0 Å². The molecule has 0 aliphatic carbocycles. The van der Waals surface area contributed by atoms with E-state index in [0.29, 0.717) is 0 Å². The highest BCUT2D eigenvalue weighted by atomic mass is 127. The van der Waals surface area contributed by atoms with Crippen LogP contribution in [0.4, 0.5) is 9.18 Å². The van der Waals surface area contributed by atoms with E-state index in [1.807, 2.05) is 0 Å². The van der Waals surface area contributed by atoms with Crippen molar-refractivity contribution >= 4 is 28.7 Å². The average molecular weight is 282 g/mol. The second-order valence-electron chi connectivity index (χ2n) is 1.86. The molecule has 1 amide bonds. The van der Waals surface area contributed by atoms with Crippen LogP contribution in [0.2, 0.25) is 0 Å². The number of hydrogen-bond acceptors (Lipinski definition) is 3. The van der Waals surface area contributed by atoms with Gasteiger partial charge < -0.3 is 10.5 Å². The van der Waals surface area contributed by atoms with Gasteiger partial charge in [0.2, 0.25) is 0 Å². The molecule has 0 fully saturated rings. The summed E-state index contributed by atoms with van der Waals surface area (Å²) in [6.45, 7) is 0. The van der Waals surface area contributed by atoms with Gasteiger partial charge in [-0.25, -0.2) is 14.2 Å². The van der Waals surface area contributed by atoms with Crippen molar-refractivity contribution in [3.8, 4) is 5.75 Å². The fraction of sp³-hybridized carbons (Fsp3) is 0. The minimum absolute atomic E-state index is 0.000385. The van der Waals surface area contributed by atoms with E-state index in [-0.39, 0.29) is 9.45 Å². The molecule has 1 rings (SSSR count). The second-order valence-corrected chi connectivity index (χ2v) is 2.89. The lowest BCUT2D eigenvalue weighted by Crippen LogP contribution is -2.16. The quantitative estimate of drug-likeness (QED) is 0.623. The lowest BCUT2D eigenvalue weighted by Gasteiger charge is -1.99. The van der Waals surface area contributed by atoms with Crippen molar-refractivity contribution < 1.29 is 13.9 Å². The molecular formula is C6H4FIN2O2. The first-order valence-corrected chi connectivity index (χ1v) is 3.96. The lowest BCUT2D eigenvalue weighted by atomic mass is 10.4. The van der Waals surface area contributed by atoms with Crippen molar-refractivity contribution in [2.45, 2.75) is 0 Å². The van der Waals surface area contributed by atoms with Gasteiger partial charge in [0, 0.05) is 6.07 Å². The van der Waals surface area contributed by atoms with Crippen LogP contribution in [0.5, 0.6) is 5.75 Å². The number of halogens is 2. The predicted molar refractivity (Wildman–Crippen MR) is 47.1 cm³/mol. The third kappa shape index (κ3) is 2.29. The molecule has 1 aromatic rings. The van der Waals surface area contributed by atoms with E-state index in [1.165, 1.54) is 6.20 Å². The maximum absolute atomic E-state index is 12.7. The summed E-state index contributed by atoms with van der Waals surface area (Å²) in [5.74, 6) is -0.547. The Kier molecular flexibility index (Phi) is 2.79. The topological polar surface area (TPSA) is 65.2 Å². The van der Waals surface area contributed by atoms with Crippen LogP contribution in [0.1, 0.15) is 0 Å². The normalized spacial score (nSPS) is 9.50. The molecule has 1 aromatic heterocycles. The molecule has 4 nitrogen and oxygen atoms in total. The number of pyridine rings is 1. The van der Waals surface area contributed by atoms with Gasteiger partial charge in [0.05, 0.1) is 6.20 Å². The number of hydrogen-bond donors (Lipinski definition) is 1. The maximum Gasteiger partial charge on any atom is 0.410 e. The monoisotopic (exact) mass is 282 g/mol. The number of amides is 1. The SMILES string of the molecule is NC(=O)Oc1cnc(I)c(F)c1. The summed E-state index contributed by atoms with van der Waals surface area (Å²) < 4.78 is 17.3. The third-order valence-corrected chi connectivity index (χ3v) is 1.78. The molecule has 0 saturated carbocycles. The Morgan fingerprint density at radius 1 is 1.75 bits per heavy atom. The Hall–Kier alpha value is -0.920. The summed E-state index contributed by atoms with van der Waals surface area (Å²) in [6, 6.07) is 1.04. The largest absolute Gasteiger partial charge is 0.410 e. The predicted octanol–water partition coefficient (Wildman–Crippen LogP) is 1.28. The van der Waals surface area contributed by atoms with E-state index in [4.69, 9.17) is 5.73 Å². The fourth-order valence-electron chi connectivity index (χ4n) is 0.576. The van der Waals surface area contributed by atoms with Gasteiger partial charge in [-0.05, 0) is 22.6 Å². The van der Waals surface area contributed by atoms with Crippen LogP contribution in [0.15, 0.2) is 12.3 Å². The number of carbonyl (C=O) groups excluding carboxylic acids is 1. The van der Waals surface area contributed by atoms with Gasteiger partial charge in [0.15, 0.2) is 11.6 Å². The van der Waals surface area contributed by atoms with Gasteiger partial charge in [0.25, 0.3) is 0 Å². The van der Waals surface area contributed by atoms with Gasteiger partial charge in [-0.15, -0.1) is 0 Å². The van der Waals surface area contributed by atoms with Crippen LogP contribution >= 0.6 is 22.6 Å². The Morgan fingerprint density at radius 2 is 2.42 bits per heavy atom. The van der Waals surface area contributed by atoms with Crippen LogP contribution in [0, 0.1) is 9.52 Å². The van der Waals surface area contributed by atoms with Crippen LogP contribution in [-0.4, -0.2) is 11.1 Å². The van der Waals surface area contributed by atoms with E-state index in [2.05, 4.69) is 9.72 Å². The summed E-state index contributed by atoms with van der Waals surface area (Å²) in [6.07, 6.45) is 0.229. The van der Waals surface area contributed by atoms with Crippen molar-refractivity contribution in [1.29, 1.82) is 0 Å². The standard InChI is InChI=1S/C6H4FIN2O2/c7-4-1-3(12-6(9)11)2-10-5(4)8/h1-2H,(H2,9,11). The summed E-state index contributed by atoms with van der Waals surface area (Å²) in [4.78, 5) is 13.8. The van der Waals surface area contributed by atoms with E-state index < -0.39 is 11.9 Å². The molecule has 0 atom stereocenters. The summed E-state index contributed by atoms with van der Waals surface area (Å²) in [5.41, 5.74) is 4.70. The first-order valence-electron chi connectivity index (χ1n) is 2.88. The Bertz CT molecular complexity index is 318. The molecule has 0 aromatic carbocycles. The molecule has 0 saturated heterocycles. The number of nitrogens with two attached hydrogens (primary N) is 1. The molecule has 2 N–H and O–H groups in total. The molecule has 1 heterocycles. The molecule has 0 aliphatic rings. The minimum Gasteiger partial charge on any atom is -0.409 e. The summed E-state index contributed by atoms with van der Waals surface area (Å²) >= 11 is 1.72. The molecule has 0 aliphatic heterocycles. The molecule has 0 radical (unpaired) electrons. The molecule has 0 spiro atoms. The highest BCUT2D eigenvalue weighted by Gasteiger charge is 2.04. The van der Waals surface area contributed by atoms with E-state index in [1.54, 1.807) is 22.6 Å².